The van der Waals surface area contributed by atoms with Crippen LogP contribution in [0, 0.1) is 0 Å². The molecule has 0 aromatic heterocycles. The fraction of sp³-hybridized carbons (Fsp3) is 0.500. The number of carbonyl (C=O) groups is 1. The quantitative estimate of drug-likeness (QED) is 0.865. The van der Waals surface area contributed by atoms with E-state index in [4.69, 9.17) is 12.2 Å². The number of aliphatic hydroxyl groups is 1. The van der Waals surface area contributed by atoms with Crippen molar-refractivity contribution in [3.63, 3.8) is 0 Å². The van der Waals surface area contributed by atoms with Crippen LogP contribution in [0.15, 0.2) is 24.3 Å². The monoisotopic (exact) mass is 321 g/mol. The minimum absolute atomic E-state index is 0.0438. The van der Waals surface area contributed by atoms with Gasteiger partial charge < -0.3 is 5.11 Å². The standard InChI is InChI=1S/C16H19NO2S2/c1-2-5-11(18)9-14(19)17-15-12-7-4-3-6-10(12)8-13(15)21-16(17)20/h3-4,6-7,11,13,15,18H,2,5,8-9H2,1H3/t11-,13+,15-/m0/s1. The molecule has 1 aromatic carbocycles. The number of benzene rings is 1. The molecule has 2 aliphatic rings. The van der Waals surface area contributed by atoms with E-state index in [1.165, 1.54) is 11.1 Å². The average molecular weight is 321 g/mol. The van der Waals surface area contributed by atoms with Gasteiger partial charge in [-0.3, -0.25) is 9.69 Å². The summed E-state index contributed by atoms with van der Waals surface area (Å²) in [5, 5.41) is 10.2. The van der Waals surface area contributed by atoms with Crippen LogP contribution in [-0.4, -0.2) is 31.6 Å². The van der Waals surface area contributed by atoms with Crippen molar-refractivity contribution in [2.45, 2.75) is 50.0 Å². The van der Waals surface area contributed by atoms with Crippen LogP contribution in [0.3, 0.4) is 0 Å². The molecule has 1 aliphatic carbocycles. The van der Waals surface area contributed by atoms with Gasteiger partial charge in [-0.05, 0) is 24.0 Å². The van der Waals surface area contributed by atoms with Crippen molar-refractivity contribution in [1.82, 2.24) is 4.90 Å². The maximum Gasteiger partial charge on any atom is 0.231 e. The predicted molar refractivity (Wildman–Crippen MR) is 89.2 cm³/mol. The van der Waals surface area contributed by atoms with E-state index in [1.807, 2.05) is 19.1 Å². The molecule has 1 aromatic rings. The summed E-state index contributed by atoms with van der Waals surface area (Å²) in [6.07, 6.45) is 2.10. The lowest BCUT2D eigenvalue weighted by atomic mass is 10.1. The summed E-state index contributed by atoms with van der Waals surface area (Å²) in [4.78, 5) is 14.3. The molecule has 3 nitrogen and oxygen atoms in total. The maximum atomic E-state index is 12.6. The minimum atomic E-state index is -0.564. The van der Waals surface area contributed by atoms with Gasteiger partial charge in [0.05, 0.1) is 18.6 Å². The lowest BCUT2D eigenvalue weighted by Gasteiger charge is -2.25. The molecule has 1 aliphatic heterocycles. The lowest BCUT2D eigenvalue weighted by molar-refractivity contribution is -0.130. The molecule has 1 amide bonds. The van der Waals surface area contributed by atoms with Crippen molar-refractivity contribution in [1.29, 1.82) is 0 Å². The number of fused-ring (bicyclic) bond motifs is 3. The van der Waals surface area contributed by atoms with E-state index in [2.05, 4.69) is 12.1 Å². The highest BCUT2D eigenvalue weighted by Crippen LogP contribution is 2.49. The van der Waals surface area contributed by atoms with Crippen LogP contribution in [0.4, 0.5) is 0 Å². The van der Waals surface area contributed by atoms with E-state index in [-0.39, 0.29) is 18.4 Å². The molecule has 1 fully saturated rings. The van der Waals surface area contributed by atoms with Gasteiger partial charge in [-0.15, -0.1) is 0 Å². The zero-order chi connectivity index (χ0) is 15.0. The molecule has 0 bridgehead atoms. The Bertz CT molecular complexity index is 575. The summed E-state index contributed by atoms with van der Waals surface area (Å²) in [6, 6.07) is 8.34. The largest absolute Gasteiger partial charge is 0.393 e. The van der Waals surface area contributed by atoms with Crippen LogP contribution in [0.25, 0.3) is 0 Å². The van der Waals surface area contributed by atoms with Gasteiger partial charge in [0.1, 0.15) is 4.32 Å². The molecular formula is C16H19NO2S2. The Hall–Kier alpha value is -0.910. The predicted octanol–water partition coefficient (Wildman–Crippen LogP) is 3.06. The molecule has 5 heteroatoms. The first-order chi connectivity index (χ1) is 10.1. The lowest BCUT2D eigenvalue weighted by Crippen LogP contribution is -2.36. The summed E-state index contributed by atoms with van der Waals surface area (Å²) in [6.45, 7) is 2.01. The summed E-state index contributed by atoms with van der Waals surface area (Å²) in [7, 11) is 0. The van der Waals surface area contributed by atoms with Crippen molar-refractivity contribution in [2.75, 3.05) is 0 Å². The Morgan fingerprint density at radius 1 is 1.52 bits per heavy atom. The number of thioether (sulfide) groups is 1. The van der Waals surface area contributed by atoms with Crippen LogP contribution in [-0.2, 0) is 11.2 Å². The summed E-state index contributed by atoms with van der Waals surface area (Å²) in [5.74, 6) is -0.0438. The third kappa shape index (κ3) is 2.74. The number of carbonyl (C=O) groups excluding carboxylic acids is 1. The number of hydrogen-bond acceptors (Lipinski definition) is 4. The zero-order valence-corrected chi connectivity index (χ0v) is 13.6. The molecule has 21 heavy (non-hydrogen) atoms. The molecule has 0 radical (unpaired) electrons. The van der Waals surface area contributed by atoms with E-state index in [9.17, 15) is 9.90 Å². The highest BCUT2D eigenvalue weighted by molar-refractivity contribution is 8.23. The molecular weight excluding hydrogens is 302 g/mol. The van der Waals surface area contributed by atoms with Gasteiger partial charge in [0.15, 0.2) is 0 Å². The second-order valence-electron chi connectivity index (χ2n) is 5.68. The minimum Gasteiger partial charge on any atom is -0.393 e. The van der Waals surface area contributed by atoms with E-state index in [0.29, 0.717) is 16.0 Å². The van der Waals surface area contributed by atoms with Gasteiger partial charge in [-0.25, -0.2) is 0 Å². The van der Waals surface area contributed by atoms with Gasteiger partial charge in [0, 0.05) is 5.25 Å². The Morgan fingerprint density at radius 2 is 2.29 bits per heavy atom. The summed E-state index contributed by atoms with van der Waals surface area (Å²) >= 11 is 7.03. The van der Waals surface area contributed by atoms with Crippen molar-refractivity contribution >= 4 is 34.2 Å². The maximum absolute atomic E-state index is 12.6. The topological polar surface area (TPSA) is 40.5 Å². The van der Waals surface area contributed by atoms with Crippen LogP contribution in [0.1, 0.15) is 43.4 Å². The third-order valence-corrected chi connectivity index (χ3v) is 5.79. The number of rotatable bonds is 4. The highest BCUT2D eigenvalue weighted by atomic mass is 32.2. The Kier molecular flexibility index (Phi) is 4.33. The third-order valence-electron chi connectivity index (χ3n) is 4.17. The molecule has 3 rings (SSSR count). The molecule has 1 saturated heterocycles. The van der Waals surface area contributed by atoms with Crippen molar-refractivity contribution in [3.05, 3.63) is 35.4 Å². The smallest absolute Gasteiger partial charge is 0.231 e. The zero-order valence-electron chi connectivity index (χ0n) is 12.0. The van der Waals surface area contributed by atoms with Gasteiger partial charge >= 0.3 is 0 Å². The first kappa shape index (κ1) is 15.0. The first-order valence-electron chi connectivity index (χ1n) is 7.40. The normalized spacial score (nSPS) is 24.9. The van der Waals surface area contributed by atoms with E-state index in [1.54, 1.807) is 16.7 Å². The van der Waals surface area contributed by atoms with Gasteiger partial charge in [0.25, 0.3) is 0 Å². The summed E-state index contributed by atoms with van der Waals surface area (Å²) < 4.78 is 0.660. The molecule has 0 unspecified atom stereocenters. The van der Waals surface area contributed by atoms with E-state index in [0.717, 1.165) is 12.8 Å². The van der Waals surface area contributed by atoms with Gasteiger partial charge in [0.2, 0.25) is 5.91 Å². The Labute approximate surface area is 134 Å². The number of hydrogen-bond donors (Lipinski definition) is 1. The SMILES string of the molecule is CCC[C@H](O)CC(=O)N1C(=S)S[C@@H]2Cc3ccccc3[C@@H]21. The van der Waals surface area contributed by atoms with Gasteiger partial charge in [-0.2, -0.15) is 0 Å². The molecule has 0 spiro atoms. The van der Waals surface area contributed by atoms with Crippen LogP contribution in [0.5, 0.6) is 0 Å². The molecule has 1 N–H and O–H groups in total. The highest BCUT2D eigenvalue weighted by Gasteiger charge is 2.47. The molecule has 112 valence electrons. The fourth-order valence-electron chi connectivity index (χ4n) is 3.24. The van der Waals surface area contributed by atoms with Crippen molar-refractivity contribution in [3.8, 4) is 0 Å². The van der Waals surface area contributed by atoms with Crippen molar-refractivity contribution in [2.24, 2.45) is 0 Å². The number of nitrogens with zero attached hydrogens (tertiary/aromatic N) is 1. The molecule has 1 heterocycles. The van der Waals surface area contributed by atoms with E-state index < -0.39 is 6.10 Å². The number of thiocarbonyl (C=S) groups is 1. The second kappa shape index (κ2) is 6.07. The van der Waals surface area contributed by atoms with Gasteiger partial charge in [-0.1, -0.05) is 61.6 Å². The molecule has 3 atom stereocenters. The number of amides is 1. The second-order valence-corrected chi connectivity index (χ2v) is 7.55. The van der Waals surface area contributed by atoms with Crippen molar-refractivity contribution < 1.29 is 9.90 Å². The van der Waals surface area contributed by atoms with Crippen LogP contribution >= 0.6 is 24.0 Å². The Balaban J connectivity index is 1.82. The van der Waals surface area contributed by atoms with Crippen LogP contribution in [0.2, 0.25) is 0 Å². The first-order valence-corrected chi connectivity index (χ1v) is 8.69. The summed E-state index contributed by atoms with van der Waals surface area (Å²) in [5.41, 5.74) is 2.53. The molecule has 0 saturated carbocycles. The fourth-order valence-corrected chi connectivity index (χ4v) is 5.07. The Morgan fingerprint density at radius 3 is 3.05 bits per heavy atom. The average Bonchev–Trinajstić information content (AvgIpc) is 2.93. The van der Waals surface area contributed by atoms with E-state index >= 15 is 0 Å². The van der Waals surface area contributed by atoms with Crippen LogP contribution < -0.4 is 0 Å². The number of aliphatic hydroxyl groups excluding tert-OH is 1.